The van der Waals surface area contributed by atoms with Crippen LogP contribution >= 0.6 is 11.8 Å². The van der Waals surface area contributed by atoms with Gasteiger partial charge in [0.2, 0.25) is 0 Å². The first-order chi connectivity index (χ1) is 11.9. The minimum absolute atomic E-state index is 0.00782. The molecule has 2 aliphatic heterocycles. The number of ether oxygens (including phenoxy) is 1. The quantitative estimate of drug-likeness (QED) is 0.876. The zero-order valence-electron chi connectivity index (χ0n) is 14.8. The van der Waals surface area contributed by atoms with Gasteiger partial charge in [-0.25, -0.2) is 4.99 Å². The van der Waals surface area contributed by atoms with Crippen molar-refractivity contribution in [2.45, 2.75) is 50.5 Å². The van der Waals surface area contributed by atoms with E-state index in [9.17, 15) is 4.79 Å². The Kier molecular flexibility index (Phi) is 4.12. The summed E-state index contributed by atoms with van der Waals surface area (Å²) in [7, 11) is 0. The van der Waals surface area contributed by atoms with E-state index in [0.29, 0.717) is 6.61 Å². The summed E-state index contributed by atoms with van der Waals surface area (Å²) >= 11 is 1.65. The van der Waals surface area contributed by atoms with Crippen molar-refractivity contribution in [3.05, 3.63) is 51.8 Å². The smallest absolute Gasteiger partial charge is 0.271 e. The Morgan fingerprint density at radius 3 is 2.80 bits per heavy atom. The number of H-pyrrole nitrogens is 1. The maximum atomic E-state index is 12.8. The molecule has 1 N–H and O–H groups in total. The van der Waals surface area contributed by atoms with Crippen LogP contribution in [0.3, 0.4) is 0 Å². The molecule has 1 fully saturated rings. The predicted octanol–water partition coefficient (Wildman–Crippen LogP) is 4.19. The lowest BCUT2D eigenvalue weighted by molar-refractivity contribution is -0.0705. The lowest BCUT2D eigenvalue weighted by Crippen LogP contribution is -2.35. The normalized spacial score (nSPS) is 25.3. The van der Waals surface area contributed by atoms with Gasteiger partial charge in [-0.1, -0.05) is 42.1 Å². The summed E-state index contributed by atoms with van der Waals surface area (Å²) in [5, 5.41) is 4.05. The first-order valence-corrected chi connectivity index (χ1v) is 9.58. The van der Waals surface area contributed by atoms with Gasteiger partial charge in [0, 0.05) is 6.61 Å². The monoisotopic (exact) mass is 357 g/mol. The second-order valence-electron chi connectivity index (χ2n) is 7.34. The van der Waals surface area contributed by atoms with E-state index in [0.717, 1.165) is 34.8 Å². The highest BCUT2D eigenvalue weighted by atomic mass is 32.2. The van der Waals surface area contributed by atoms with Gasteiger partial charge in [0.15, 0.2) is 5.82 Å². The summed E-state index contributed by atoms with van der Waals surface area (Å²) in [6.45, 7) is 6.92. The summed E-state index contributed by atoms with van der Waals surface area (Å²) in [6.07, 6.45) is 1.75. The second kappa shape index (κ2) is 6.18. The Labute approximate surface area is 151 Å². The average Bonchev–Trinajstić information content (AvgIpc) is 2.91. The van der Waals surface area contributed by atoms with Crippen LogP contribution in [0.2, 0.25) is 0 Å². The molecule has 0 amide bonds. The number of nitrogens with zero attached hydrogens (tertiary/aromatic N) is 2. The number of nitrogens with one attached hydrogen (secondary N) is 1. The van der Waals surface area contributed by atoms with Gasteiger partial charge in [-0.2, -0.15) is 0 Å². The van der Waals surface area contributed by atoms with Gasteiger partial charge in [-0.3, -0.25) is 14.6 Å². The Morgan fingerprint density at radius 1 is 1.32 bits per heavy atom. The molecule has 2 atom stereocenters. The average molecular weight is 357 g/mol. The zero-order valence-corrected chi connectivity index (χ0v) is 15.6. The molecule has 4 rings (SSSR count). The maximum Gasteiger partial charge on any atom is 0.271 e. The number of hydrogen-bond donors (Lipinski definition) is 1. The van der Waals surface area contributed by atoms with Crippen LogP contribution in [0.25, 0.3) is 0 Å². The third-order valence-corrected chi connectivity index (χ3v) is 6.06. The third-order valence-electron chi connectivity index (χ3n) is 4.89. The standard InChI is InChI=1S/C19H23N3O2S/c1-12-20-17-15(16(25-12)13-7-5-4-6-8-13)18(23)21-22(17)14-9-10-24-19(2,3)11-14/h4-8,14,16H,9-11H2,1-3H3,(H,21,23)/t14-,16+/m0/s1. The molecule has 1 aromatic carbocycles. The van der Waals surface area contributed by atoms with Crippen LogP contribution in [0.1, 0.15) is 56.0 Å². The van der Waals surface area contributed by atoms with Crippen LogP contribution in [-0.2, 0) is 4.74 Å². The molecule has 2 aliphatic rings. The van der Waals surface area contributed by atoms with Crippen molar-refractivity contribution in [3.8, 4) is 0 Å². The molecule has 0 unspecified atom stereocenters. The largest absolute Gasteiger partial charge is 0.375 e. The SMILES string of the molecule is CC1=Nc2c(c(=O)[nH]n2[C@H]2CCOC(C)(C)C2)[C@@H](c2ccccc2)S1. The highest BCUT2D eigenvalue weighted by molar-refractivity contribution is 8.14. The highest BCUT2D eigenvalue weighted by Gasteiger charge is 2.35. The van der Waals surface area contributed by atoms with E-state index in [4.69, 9.17) is 9.73 Å². The van der Waals surface area contributed by atoms with Crippen LogP contribution < -0.4 is 5.56 Å². The van der Waals surface area contributed by atoms with E-state index in [1.165, 1.54) is 0 Å². The van der Waals surface area contributed by atoms with E-state index in [1.807, 2.05) is 29.8 Å². The van der Waals surface area contributed by atoms with E-state index in [-0.39, 0.29) is 22.5 Å². The summed E-state index contributed by atoms with van der Waals surface area (Å²) in [5.74, 6) is 0.790. The van der Waals surface area contributed by atoms with E-state index in [2.05, 4.69) is 31.1 Å². The first kappa shape index (κ1) is 16.7. The van der Waals surface area contributed by atoms with Crippen molar-refractivity contribution in [2.24, 2.45) is 4.99 Å². The Morgan fingerprint density at radius 2 is 2.08 bits per heavy atom. The lowest BCUT2D eigenvalue weighted by Gasteiger charge is -2.36. The molecule has 132 valence electrons. The van der Waals surface area contributed by atoms with Gasteiger partial charge in [-0.05, 0) is 39.2 Å². The van der Waals surface area contributed by atoms with E-state index >= 15 is 0 Å². The van der Waals surface area contributed by atoms with Gasteiger partial charge >= 0.3 is 0 Å². The molecule has 0 aliphatic carbocycles. The summed E-state index contributed by atoms with van der Waals surface area (Å²) in [4.78, 5) is 17.5. The third kappa shape index (κ3) is 3.09. The zero-order chi connectivity index (χ0) is 17.6. The molecule has 1 saturated heterocycles. The van der Waals surface area contributed by atoms with Gasteiger partial charge in [0.1, 0.15) is 0 Å². The molecule has 25 heavy (non-hydrogen) atoms. The van der Waals surface area contributed by atoms with Crippen LogP contribution in [0.15, 0.2) is 40.1 Å². The topological polar surface area (TPSA) is 59.4 Å². The fourth-order valence-electron chi connectivity index (χ4n) is 3.76. The number of rotatable bonds is 2. The van der Waals surface area contributed by atoms with Gasteiger partial charge in [-0.15, -0.1) is 0 Å². The van der Waals surface area contributed by atoms with Crippen LogP contribution in [0.5, 0.6) is 0 Å². The number of aliphatic imine (C=N–C) groups is 1. The molecule has 1 aromatic heterocycles. The molecular formula is C19H23N3O2S. The number of thioether (sulfide) groups is 1. The maximum absolute atomic E-state index is 12.8. The fourth-order valence-corrected chi connectivity index (χ4v) is 4.86. The number of aromatic amines is 1. The van der Waals surface area contributed by atoms with Crippen molar-refractivity contribution in [1.29, 1.82) is 0 Å². The van der Waals surface area contributed by atoms with E-state index in [1.54, 1.807) is 11.8 Å². The molecule has 6 heteroatoms. The molecule has 0 spiro atoms. The van der Waals surface area contributed by atoms with Crippen molar-refractivity contribution in [3.63, 3.8) is 0 Å². The van der Waals surface area contributed by atoms with Gasteiger partial charge in [0.25, 0.3) is 5.56 Å². The summed E-state index contributed by atoms with van der Waals surface area (Å²) < 4.78 is 7.82. The highest BCUT2D eigenvalue weighted by Crippen LogP contribution is 2.45. The van der Waals surface area contributed by atoms with E-state index < -0.39 is 0 Å². The summed E-state index contributed by atoms with van der Waals surface area (Å²) in [6, 6.07) is 10.4. The van der Waals surface area contributed by atoms with Crippen LogP contribution in [0, 0.1) is 0 Å². The van der Waals surface area contributed by atoms with Gasteiger partial charge < -0.3 is 4.74 Å². The Balaban J connectivity index is 1.80. The molecule has 5 nitrogen and oxygen atoms in total. The fraction of sp³-hybridized carbons (Fsp3) is 0.474. The molecule has 2 aromatic rings. The predicted molar refractivity (Wildman–Crippen MR) is 102 cm³/mol. The first-order valence-electron chi connectivity index (χ1n) is 8.70. The Bertz CT molecular complexity index is 867. The number of benzene rings is 1. The molecule has 0 radical (unpaired) electrons. The Hall–Kier alpha value is -1.79. The number of hydrogen-bond acceptors (Lipinski definition) is 4. The second-order valence-corrected chi connectivity index (χ2v) is 8.64. The number of fused-ring (bicyclic) bond motifs is 1. The molecule has 0 bridgehead atoms. The van der Waals surface area contributed by atoms with Gasteiger partial charge in [0.05, 0.1) is 27.5 Å². The van der Waals surface area contributed by atoms with Crippen LogP contribution in [-0.4, -0.2) is 27.0 Å². The number of aromatic nitrogens is 2. The van der Waals surface area contributed by atoms with Crippen molar-refractivity contribution < 1.29 is 4.74 Å². The summed E-state index contributed by atoms with van der Waals surface area (Å²) in [5.41, 5.74) is 1.69. The van der Waals surface area contributed by atoms with Crippen LogP contribution in [0.4, 0.5) is 5.82 Å². The van der Waals surface area contributed by atoms with Crippen molar-refractivity contribution in [1.82, 2.24) is 9.78 Å². The molecule has 0 saturated carbocycles. The minimum Gasteiger partial charge on any atom is -0.375 e. The van der Waals surface area contributed by atoms with Crippen molar-refractivity contribution >= 4 is 22.6 Å². The molecule has 3 heterocycles. The molecular weight excluding hydrogens is 334 g/mol. The lowest BCUT2D eigenvalue weighted by atomic mass is 9.94. The van der Waals surface area contributed by atoms with Crippen molar-refractivity contribution in [2.75, 3.05) is 6.61 Å². The minimum atomic E-state index is -0.183.